The fourth-order valence-corrected chi connectivity index (χ4v) is 4.31. The molecule has 2 aliphatic heterocycles. The largest absolute Gasteiger partial charge is 0.408 e. The van der Waals surface area contributed by atoms with E-state index < -0.39 is 18.2 Å². The topological polar surface area (TPSA) is 68.4 Å². The summed E-state index contributed by atoms with van der Waals surface area (Å²) in [7, 11) is 1.59. The van der Waals surface area contributed by atoms with Crippen molar-refractivity contribution in [1.82, 2.24) is 24.8 Å². The van der Waals surface area contributed by atoms with Crippen molar-refractivity contribution in [1.29, 1.82) is 0 Å². The minimum atomic E-state index is -4.37. The number of urea groups is 1. The van der Waals surface area contributed by atoms with Gasteiger partial charge in [-0.05, 0) is 31.2 Å². The van der Waals surface area contributed by atoms with Crippen molar-refractivity contribution in [2.24, 2.45) is 5.92 Å². The Morgan fingerprint density at radius 2 is 2.14 bits per heavy atom. The number of nitrogens with one attached hydrogen (secondary N) is 1. The molecule has 2 aromatic rings. The van der Waals surface area contributed by atoms with Crippen LogP contribution in [-0.4, -0.2) is 76.2 Å². The van der Waals surface area contributed by atoms with Crippen molar-refractivity contribution in [3.05, 3.63) is 18.6 Å². The third-order valence-corrected chi connectivity index (χ3v) is 5.65. The molecule has 4 heterocycles. The Morgan fingerprint density at radius 1 is 1.32 bits per heavy atom. The lowest BCUT2D eigenvalue weighted by Gasteiger charge is -2.31. The number of anilines is 1. The second-order valence-electron chi connectivity index (χ2n) is 7.59. The maximum absolute atomic E-state index is 13.1. The van der Waals surface area contributed by atoms with Crippen LogP contribution < -0.4 is 4.90 Å². The quantitative estimate of drug-likeness (QED) is 0.866. The van der Waals surface area contributed by atoms with E-state index in [4.69, 9.17) is 0 Å². The molecule has 0 aromatic carbocycles. The van der Waals surface area contributed by atoms with E-state index in [1.165, 1.54) is 11.2 Å². The van der Waals surface area contributed by atoms with Gasteiger partial charge in [0.25, 0.3) is 0 Å². The Balaban J connectivity index is 1.39. The molecule has 0 spiro atoms. The van der Waals surface area contributed by atoms with Gasteiger partial charge in [-0.25, -0.2) is 14.8 Å². The van der Waals surface area contributed by atoms with Gasteiger partial charge in [0.05, 0.1) is 5.39 Å². The molecule has 1 N–H and O–H groups in total. The number of halogens is 3. The van der Waals surface area contributed by atoms with Crippen molar-refractivity contribution >= 4 is 22.9 Å². The molecule has 2 atom stereocenters. The third kappa shape index (κ3) is 3.47. The number of hydrogen-bond donors (Lipinski definition) is 1. The molecule has 0 bridgehead atoms. The molecule has 152 valence electrons. The van der Waals surface area contributed by atoms with E-state index in [-0.39, 0.29) is 18.9 Å². The molecule has 2 amide bonds. The Hall–Kier alpha value is -2.52. The molecule has 10 heteroatoms. The second-order valence-corrected chi connectivity index (χ2v) is 7.59. The predicted molar refractivity (Wildman–Crippen MR) is 98.0 cm³/mol. The first kappa shape index (κ1) is 18.8. The van der Waals surface area contributed by atoms with Gasteiger partial charge in [-0.3, -0.25) is 0 Å². The van der Waals surface area contributed by atoms with Gasteiger partial charge in [0.1, 0.15) is 23.8 Å². The van der Waals surface area contributed by atoms with Crippen molar-refractivity contribution in [3.8, 4) is 0 Å². The highest BCUT2D eigenvalue weighted by Crippen LogP contribution is 2.33. The summed E-state index contributed by atoms with van der Waals surface area (Å²) in [5, 5.41) is 0.942. The van der Waals surface area contributed by atoms with Crippen LogP contribution in [0.5, 0.6) is 0 Å². The van der Waals surface area contributed by atoms with Gasteiger partial charge < -0.3 is 19.7 Å². The molecule has 0 radical (unpaired) electrons. The van der Waals surface area contributed by atoms with Crippen molar-refractivity contribution in [2.75, 3.05) is 38.1 Å². The number of amides is 2. The third-order valence-electron chi connectivity index (χ3n) is 5.65. The summed E-state index contributed by atoms with van der Waals surface area (Å²) in [5.74, 6) is 1.03. The zero-order chi connectivity index (χ0) is 19.9. The Labute approximate surface area is 160 Å². The van der Waals surface area contributed by atoms with Gasteiger partial charge in [-0.15, -0.1) is 0 Å². The van der Waals surface area contributed by atoms with E-state index in [1.807, 2.05) is 12.3 Å². The second kappa shape index (κ2) is 7.14. The molecule has 2 fully saturated rings. The van der Waals surface area contributed by atoms with E-state index in [9.17, 15) is 18.0 Å². The molecule has 0 aliphatic carbocycles. The smallest absolute Gasteiger partial charge is 0.356 e. The minimum absolute atomic E-state index is 0.0132. The highest BCUT2D eigenvalue weighted by atomic mass is 19.4. The number of nitrogens with zero attached hydrogens (tertiary/aromatic N) is 5. The van der Waals surface area contributed by atoms with Crippen LogP contribution in [0.1, 0.15) is 19.3 Å². The normalized spacial score (nSPS) is 23.0. The maximum Gasteiger partial charge on any atom is 0.408 e. The first-order valence-electron chi connectivity index (χ1n) is 9.46. The number of fused-ring (bicyclic) bond motifs is 1. The molecule has 2 saturated heterocycles. The number of aromatic amines is 1. The zero-order valence-electron chi connectivity index (χ0n) is 15.6. The van der Waals surface area contributed by atoms with Crippen molar-refractivity contribution in [3.63, 3.8) is 0 Å². The molecule has 2 aromatic heterocycles. The van der Waals surface area contributed by atoms with E-state index in [0.717, 1.165) is 34.7 Å². The van der Waals surface area contributed by atoms with E-state index >= 15 is 0 Å². The van der Waals surface area contributed by atoms with Crippen LogP contribution in [0.2, 0.25) is 0 Å². The molecule has 28 heavy (non-hydrogen) atoms. The summed E-state index contributed by atoms with van der Waals surface area (Å²) in [6.45, 7) is 2.09. The monoisotopic (exact) mass is 396 g/mol. The van der Waals surface area contributed by atoms with Gasteiger partial charge in [-0.2, -0.15) is 13.2 Å². The molecular weight excluding hydrogens is 373 g/mol. The highest BCUT2D eigenvalue weighted by Gasteiger charge is 2.48. The lowest BCUT2D eigenvalue weighted by atomic mass is 10.1. The first-order chi connectivity index (χ1) is 13.3. The minimum Gasteiger partial charge on any atom is -0.356 e. The van der Waals surface area contributed by atoms with Gasteiger partial charge in [-0.1, -0.05) is 0 Å². The zero-order valence-corrected chi connectivity index (χ0v) is 15.6. The van der Waals surface area contributed by atoms with E-state index in [2.05, 4.69) is 19.9 Å². The van der Waals surface area contributed by atoms with Crippen LogP contribution >= 0.6 is 0 Å². The molecule has 4 rings (SSSR count). The maximum atomic E-state index is 13.1. The first-order valence-corrected chi connectivity index (χ1v) is 9.46. The molecule has 0 saturated carbocycles. The van der Waals surface area contributed by atoms with Gasteiger partial charge >= 0.3 is 12.2 Å². The van der Waals surface area contributed by atoms with E-state index in [1.54, 1.807) is 7.05 Å². The summed E-state index contributed by atoms with van der Waals surface area (Å²) >= 11 is 0. The number of H-pyrrole nitrogens is 1. The van der Waals surface area contributed by atoms with Gasteiger partial charge in [0, 0.05) is 39.4 Å². The van der Waals surface area contributed by atoms with Crippen molar-refractivity contribution in [2.45, 2.75) is 31.5 Å². The number of carbonyl (C=O) groups excluding carboxylic acids is 1. The van der Waals surface area contributed by atoms with E-state index in [0.29, 0.717) is 19.5 Å². The summed E-state index contributed by atoms with van der Waals surface area (Å²) in [6.07, 6.45) is 0.197. The summed E-state index contributed by atoms with van der Waals surface area (Å²) in [4.78, 5) is 28.8. The van der Waals surface area contributed by atoms with Crippen LogP contribution in [0, 0.1) is 5.92 Å². The molecule has 2 aliphatic rings. The average molecular weight is 396 g/mol. The fraction of sp³-hybridized carbons (Fsp3) is 0.611. The fourth-order valence-electron chi connectivity index (χ4n) is 4.31. The highest BCUT2D eigenvalue weighted by molar-refractivity contribution is 5.87. The average Bonchev–Trinajstić information content (AvgIpc) is 3.39. The molecule has 1 unspecified atom stereocenters. The number of hydrogen-bond acceptors (Lipinski definition) is 4. The molecule has 7 nitrogen and oxygen atoms in total. The summed E-state index contributed by atoms with van der Waals surface area (Å²) in [5.41, 5.74) is 0.771. The lowest BCUT2D eigenvalue weighted by molar-refractivity contribution is -0.170. The number of rotatable bonds is 3. The number of likely N-dealkylation sites (tertiary alicyclic amines) is 1. The number of alkyl halides is 3. The van der Waals surface area contributed by atoms with Crippen molar-refractivity contribution < 1.29 is 18.0 Å². The Bertz CT molecular complexity index is 853. The van der Waals surface area contributed by atoms with Crippen LogP contribution in [0.25, 0.3) is 11.0 Å². The Kier molecular flexibility index (Phi) is 4.80. The number of aromatic nitrogens is 3. The van der Waals surface area contributed by atoms with Gasteiger partial charge in [0.15, 0.2) is 0 Å². The van der Waals surface area contributed by atoms with Crippen LogP contribution in [0.15, 0.2) is 18.6 Å². The standard InChI is InChI=1S/C18H23F3N6O/c1-25(17(28)27-7-2-3-14(27)18(19,20)21)9-12-5-8-26(10-12)16-13-4-6-22-15(13)23-11-24-16/h4,6,11-12,14H,2-3,5,7-10H2,1H3,(H,22,23,24)/t12-,14?/m0/s1. The predicted octanol–water partition coefficient (Wildman–Crippen LogP) is 2.86. The lowest BCUT2D eigenvalue weighted by Crippen LogP contribution is -2.50. The van der Waals surface area contributed by atoms with Crippen LogP contribution in [0.4, 0.5) is 23.8 Å². The van der Waals surface area contributed by atoms with Crippen LogP contribution in [0.3, 0.4) is 0 Å². The number of carbonyl (C=O) groups is 1. The Morgan fingerprint density at radius 3 is 2.93 bits per heavy atom. The summed E-state index contributed by atoms with van der Waals surface area (Å²) in [6, 6.07) is -0.267. The van der Waals surface area contributed by atoms with Crippen LogP contribution in [-0.2, 0) is 0 Å². The summed E-state index contributed by atoms with van der Waals surface area (Å²) < 4.78 is 39.4. The SMILES string of the molecule is CN(C[C@@H]1CCN(c2ncnc3[nH]ccc23)C1)C(=O)N1CCCC1C(F)(F)F. The van der Waals surface area contributed by atoms with Gasteiger partial charge in [0.2, 0.25) is 0 Å². The molecular formula is C18H23F3N6O.